The minimum Gasteiger partial charge on any atom is -0.369 e. The number of rotatable bonds is 5. The van der Waals surface area contributed by atoms with Crippen LogP contribution < -0.4 is 11.1 Å². The van der Waals surface area contributed by atoms with E-state index in [0.29, 0.717) is 16.0 Å². The summed E-state index contributed by atoms with van der Waals surface area (Å²) in [4.78, 5) is 26.7. The third-order valence-electron chi connectivity index (χ3n) is 5.31. The molecule has 1 fully saturated rings. The van der Waals surface area contributed by atoms with Crippen molar-refractivity contribution in [3.63, 3.8) is 0 Å². The van der Waals surface area contributed by atoms with Gasteiger partial charge in [-0.25, -0.2) is 4.39 Å². The van der Waals surface area contributed by atoms with Gasteiger partial charge >= 0.3 is 0 Å². The average molecular weight is 412 g/mol. The molecule has 2 amide bonds. The number of carbonyl (C=O) groups excluding carboxylic acids is 2. The molecule has 1 aliphatic rings. The summed E-state index contributed by atoms with van der Waals surface area (Å²) in [7, 11) is 0. The number of thiophene rings is 1. The molecule has 0 spiro atoms. The van der Waals surface area contributed by atoms with E-state index in [2.05, 4.69) is 10.2 Å². The van der Waals surface area contributed by atoms with E-state index in [1.807, 2.05) is 30.3 Å². The summed E-state index contributed by atoms with van der Waals surface area (Å²) in [5.41, 5.74) is 7.19. The molecule has 29 heavy (non-hydrogen) atoms. The van der Waals surface area contributed by atoms with Crippen molar-refractivity contribution in [2.45, 2.75) is 19.4 Å². The van der Waals surface area contributed by atoms with E-state index in [1.54, 1.807) is 12.1 Å². The maximum absolute atomic E-state index is 13.9. The Balaban J connectivity index is 1.41. The maximum atomic E-state index is 13.9. The number of likely N-dealkylation sites (tertiary alicyclic amines) is 1. The zero-order valence-electron chi connectivity index (χ0n) is 15.9. The number of hydrogen-bond donors (Lipinski definition) is 2. The molecule has 1 saturated heterocycles. The Kier molecular flexibility index (Phi) is 5.60. The molecule has 5 nitrogen and oxygen atoms in total. The van der Waals surface area contributed by atoms with Crippen LogP contribution in [0.15, 0.2) is 48.5 Å². The van der Waals surface area contributed by atoms with Crippen molar-refractivity contribution in [2.75, 3.05) is 18.4 Å². The zero-order chi connectivity index (χ0) is 20.4. The van der Waals surface area contributed by atoms with Crippen LogP contribution in [0.3, 0.4) is 0 Å². The highest BCUT2D eigenvalue weighted by molar-refractivity contribution is 7.20. The van der Waals surface area contributed by atoms with Gasteiger partial charge < -0.3 is 11.1 Å². The molecule has 150 valence electrons. The van der Waals surface area contributed by atoms with E-state index in [-0.39, 0.29) is 23.5 Å². The third kappa shape index (κ3) is 4.46. The molecule has 2 heterocycles. The predicted octanol–water partition coefficient (Wildman–Crippen LogP) is 3.99. The van der Waals surface area contributed by atoms with E-state index < -0.39 is 0 Å². The Hall–Kier alpha value is -2.77. The minimum absolute atomic E-state index is 0.0250. The molecule has 0 atom stereocenters. The van der Waals surface area contributed by atoms with Gasteiger partial charge in [-0.15, -0.1) is 11.3 Å². The highest BCUT2D eigenvalue weighted by Crippen LogP contribution is 2.28. The highest BCUT2D eigenvalue weighted by Gasteiger charge is 2.23. The van der Waals surface area contributed by atoms with Crippen LogP contribution in [0.2, 0.25) is 0 Å². The normalized spacial score (nSPS) is 15.5. The van der Waals surface area contributed by atoms with Gasteiger partial charge in [-0.3, -0.25) is 14.5 Å². The Morgan fingerprint density at radius 3 is 2.62 bits per heavy atom. The van der Waals surface area contributed by atoms with E-state index in [1.165, 1.54) is 17.4 Å². The number of carbonyl (C=O) groups is 2. The van der Waals surface area contributed by atoms with Crippen molar-refractivity contribution in [2.24, 2.45) is 11.7 Å². The Morgan fingerprint density at radius 1 is 1.14 bits per heavy atom. The van der Waals surface area contributed by atoms with Gasteiger partial charge in [0.2, 0.25) is 5.91 Å². The molecule has 0 aliphatic carbocycles. The van der Waals surface area contributed by atoms with Gasteiger partial charge in [0.15, 0.2) is 0 Å². The number of halogens is 1. The highest BCUT2D eigenvalue weighted by atomic mass is 32.1. The molecule has 0 radical (unpaired) electrons. The molecule has 3 aromatic rings. The van der Waals surface area contributed by atoms with Crippen LogP contribution in [0.25, 0.3) is 10.1 Å². The number of fused-ring (bicyclic) bond motifs is 1. The van der Waals surface area contributed by atoms with Crippen molar-refractivity contribution in [1.29, 1.82) is 0 Å². The van der Waals surface area contributed by atoms with Gasteiger partial charge in [0.05, 0.1) is 4.88 Å². The first kappa shape index (κ1) is 19.5. The van der Waals surface area contributed by atoms with Crippen molar-refractivity contribution in [3.05, 3.63) is 64.8 Å². The SMILES string of the molecule is NC(=O)C1CCN(Cc2cccc(NC(=O)c3cc4c(F)cccc4s3)c2)CC1. The van der Waals surface area contributed by atoms with Crippen LogP contribution in [0.1, 0.15) is 28.1 Å². The smallest absolute Gasteiger partial charge is 0.265 e. The second kappa shape index (κ2) is 8.31. The number of benzene rings is 2. The van der Waals surface area contributed by atoms with Crippen molar-refractivity contribution >= 4 is 38.9 Å². The molecule has 0 saturated carbocycles. The number of anilines is 1. The fraction of sp³-hybridized carbons (Fsp3) is 0.273. The fourth-order valence-corrected chi connectivity index (χ4v) is 4.68. The van der Waals surface area contributed by atoms with Gasteiger partial charge in [-0.05, 0) is 61.8 Å². The lowest BCUT2D eigenvalue weighted by atomic mass is 9.96. The quantitative estimate of drug-likeness (QED) is 0.667. The molecule has 4 rings (SSSR count). The molecule has 1 aromatic heterocycles. The lowest BCUT2D eigenvalue weighted by molar-refractivity contribution is -0.123. The lowest BCUT2D eigenvalue weighted by Crippen LogP contribution is -2.38. The number of piperidine rings is 1. The van der Waals surface area contributed by atoms with Crippen LogP contribution in [0, 0.1) is 11.7 Å². The molecule has 0 bridgehead atoms. The van der Waals surface area contributed by atoms with E-state index in [9.17, 15) is 14.0 Å². The van der Waals surface area contributed by atoms with Crippen LogP contribution in [-0.4, -0.2) is 29.8 Å². The predicted molar refractivity (Wildman–Crippen MR) is 113 cm³/mol. The number of nitrogens with two attached hydrogens (primary N) is 1. The van der Waals surface area contributed by atoms with Crippen LogP contribution in [-0.2, 0) is 11.3 Å². The second-order valence-electron chi connectivity index (χ2n) is 7.37. The summed E-state index contributed by atoms with van der Waals surface area (Å²) in [6, 6.07) is 14.2. The Labute approximate surface area is 172 Å². The van der Waals surface area contributed by atoms with Gasteiger partial charge in [-0.1, -0.05) is 18.2 Å². The summed E-state index contributed by atoms with van der Waals surface area (Å²) in [5, 5.41) is 3.38. The van der Waals surface area contributed by atoms with Crippen LogP contribution in [0.5, 0.6) is 0 Å². The number of nitrogens with zero attached hydrogens (tertiary/aromatic N) is 1. The molecule has 7 heteroatoms. The van der Waals surface area contributed by atoms with E-state index in [4.69, 9.17) is 5.73 Å². The lowest BCUT2D eigenvalue weighted by Gasteiger charge is -2.30. The summed E-state index contributed by atoms with van der Waals surface area (Å²) < 4.78 is 14.6. The Morgan fingerprint density at radius 2 is 1.90 bits per heavy atom. The topological polar surface area (TPSA) is 75.4 Å². The van der Waals surface area contributed by atoms with Crippen LogP contribution in [0.4, 0.5) is 10.1 Å². The number of amides is 2. The molecule has 1 aliphatic heterocycles. The third-order valence-corrected chi connectivity index (χ3v) is 6.41. The molecular formula is C22H22FN3O2S. The van der Waals surface area contributed by atoms with Crippen LogP contribution >= 0.6 is 11.3 Å². The van der Waals surface area contributed by atoms with Crippen molar-refractivity contribution < 1.29 is 14.0 Å². The number of primary amides is 1. The molecule has 2 aromatic carbocycles. The monoisotopic (exact) mass is 411 g/mol. The van der Waals surface area contributed by atoms with Gasteiger partial charge in [-0.2, -0.15) is 0 Å². The van der Waals surface area contributed by atoms with Gasteiger partial charge in [0, 0.05) is 28.2 Å². The van der Waals surface area contributed by atoms with Crippen molar-refractivity contribution in [3.8, 4) is 0 Å². The number of nitrogens with one attached hydrogen (secondary N) is 1. The minimum atomic E-state index is -0.320. The maximum Gasteiger partial charge on any atom is 0.265 e. The Bertz CT molecular complexity index is 1060. The van der Waals surface area contributed by atoms with Gasteiger partial charge in [0.25, 0.3) is 5.91 Å². The fourth-order valence-electron chi connectivity index (χ4n) is 3.71. The summed E-state index contributed by atoms with van der Waals surface area (Å²) in [6.45, 7) is 2.42. The summed E-state index contributed by atoms with van der Waals surface area (Å²) >= 11 is 1.28. The molecular weight excluding hydrogens is 389 g/mol. The first-order valence-electron chi connectivity index (χ1n) is 9.59. The zero-order valence-corrected chi connectivity index (χ0v) is 16.7. The molecule has 3 N–H and O–H groups in total. The average Bonchev–Trinajstić information content (AvgIpc) is 3.15. The first-order chi connectivity index (χ1) is 14.0. The summed E-state index contributed by atoms with van der Waals surface area (Å²) in [5.74, 6) is -0.802. The largest absolute Gasteiger partial charge is 0.369 e. The second-order valence-corrected chi connectivity index (χ2v) is 8.45. The number of hydrogen-bond acceptors (Lipinski definition) is 4. The first-order valence-corrected chi connectivity index (χ1v) is 10.4. The van der Waals surface area contributed by atoms with E-state index in [0.717, 1.165) is 42.7 Å². The van der Waals surface area contributed by atoms with Gasteiger partial charge in [0.1, 0.15) is 5.82 Å². The summed E-state index contributed by atoms with van der Waals surface area (Å²) in [6.07, 6.45) is 1.57. The molecule has 0 unspecified atom stereocenters. The van der Waals surface area contributed by atoms with Crippen molar-refractivity contribution in [1.82, 2.24) is 4.90 Å². The van der Waals surface area contributed by atoms with E-state index >= 15 is 0 Å². The standard InChI is InChI=1S/C22H22FN3O2S/c23-18-5-2-6-19-17(18)12-20(29-19)22(28)25-16-4-1-3-14(11-16)13-26-9-7-15(8-10-26)21(24)27/h1-6,11-12,15H,7-10,13H2,(H2,24,27)(H,25,28).